The molecule has 35 heavy (non-hydrogen) atoms. The van der Waals surface area contributed by atoms with E-state index in [1.54, 1.807) is 24.3 Å². The minimum atomic E-state index is -3.90. The molecule has 0 aliphatic rings. The Morgan fingerprint density at radius 2 is 1.69 bits per heavy atom. The normalized spacial score (nSPS) is 12.4. The van der Waals surface area contributed by atoms with Gasteiger partial charge in [0.2, 0.25) is 10.0 Å². The van der Waals surface area contributed by atoms with E-state index in [0.717, 1.165) is 22.1 Å². The molecular weight excluding hydrogens is 466 g/mol. The third kappa shape index (κ3) is 5.50. The standard InChI is InChI=1S/C27H25NO6S/c1-17-9-12-22(13-10-17)35(31,32)28-19(3)26(29)33-21-11-14-23-18(2)24(27(30)34-25(23)16-21)15-20-7-5-4-6-8-20/h4-14,16,19,28H,15H2,1-3H3/t19-/m0/s1. The third-order valence-corrected chi connectivity index (χ3v) is 7.27. The Bertz CT molecular complexity index is 1540. The molecule has 1 heterocycles. The third-order valence-electron chi connectivity index (χ3n) is 5.72. The number of aryl methyl sites for hydroxylation is 2. The Hall–Kier alpha value is -3.75. The van der Waals surface area contributed by atoms with Gasteiger partial charge in [0.15, 0.2) is 0 Å². The number of fused-ring (bicyclic) bond motifs is 1. The first kappa shape index (κ1) is 24.4. The fraction of sp³-hybridized carbons (Fsp3) is 0.185. The molecule has 0 spiro atoms. The lowest BCUT2D eigenvalue weighted by Crippen LogP contribution is -2.40. The maximum atomic E-state index is 12.7. The van der Waals surface area contributed by atoms with Gasteiger partial charge in [-0.05, 0) is 56.2 Å². The second kappa shape index (κ2) is 9.85. The topological polar surface area (TPSA) is 103 Å². The Kier molecular flexibility index (Phi) is 6.86. The van der Waals surface area contributed by atoms with Crippen molar-refractivity contribution in [3.05, 3.63) is 105 Å². The lowest BCUT2D eigenvalue weighted by atomic mass is 10.00. The molecular formula is C27H25NO6S. The van der Waals surface area contributed by atoms with Gasteiger partial charge in [-0.2, -0.15) is 4.72 Å². The van der Waals surface area contributed by atoms with Crippen LogP contribution in [0.25, 0.3) is 11.0 Å². The smallest absolute Gasteiger partial charge is 0.340 e. The number of hydrogen-bond acceptors (Lipinski definition) is 6. The summed E-state index contributed by atoms with van der Waals surface area (Å²) in [6, 6.07) is 19.5. The molecule has 1 atom stereocenters. The summed E-state index contributed by atoms with van der Waals surface area (Å²) in [4.78, 5) is 25.3. The van der Waals surface area contributed by atoms with Gasteiger partial charge in [0.25, 0.3) is 0 Å². The predicted octanol–water partition coefficient (Wildman–Crippen LogP) is 4.27. The first-order valence-corrected chi connectivity index (χ1v) is 12.5. The van der Waals surface area contributed by atoms with Crippen molar-refractivity contribution < 1.29 is 22.4 Å². The van der Waals surface area contributed by atoms with Crippen molar-refractivity contribution in [1.29, 1.82) is 0 Å². The predicted molar refractivity (Wildman–Crippen MR) is 133 cm³/mol. The van der Waals surface area contributed by atoms with Gasteiger partial charge in [0.05, 0.1) is 4.90 Å². The van der Waals surface area contributed by atoms with Crippen LogP contribution >= 0.6 is 0 Å². The average Bonchev–Trinajstić information content (AvgIpc) is 2.82. The van der Waals surface area contributed by atoms with Gasteiger partial charge in [-0.3, -0.25) is 0 Å². The Labute approximate surface area is 203 Å². The first-order valence-electron chi connectivity index (χ1n) is 11.0. The first-order chi connectivity index (χ1) is 16.6. The molecule has 0 amide bonds. The van der Waals surface area contributed by atoms with Gasteiger partial charge in [-0.25, -0.2) is 18.0 Å². The van der Waals surface area contributed by atoms with Crippen molar-refractivity contribution in [3.8, 4) is 5.75 Å². The zero-order valence-electron chi connectivity index (χ0n) is 19.6. The van der Waals surface area contributed by atoms with Crippen LogP contribution < -0.4 is 15.1 Å². The molecule has 8 heteroatoms. The largest absolute Gasteiger partial charge is 0.425 e. The van der Waals surface area contributed by atoms with Gasteiger partial charge >= 0.3 is 11.6 Å². The van der Waals surface area contributed by atoms with Crippen LogP contribution in [-0.4, -0.2) is 20.4 Å². The zero-order chi connectivity index (χ0) is 25.2. The van der Waals surface area contributed by atoms with Crippen LogP contribution in [0.1, 0.15) is 29.2 Å². The van der Waals surface area contributed by atoms with E-state index < -0.39 is 27.7 Å². The number of carbonyl (C=O) groups excluding carboxylic acids is 1. The van der Waals surface area contributed by atoms with Gasteiger partial charge in [-0.1, -0.05) is 48.0 Å². The lowest BCUT2D eigenvalue weighted by Gasteiger charge is -2.14. The van der Waals surface area contributed by atoms with Gasteiger partial charge in [-0.15, -0.1) is 0 Å². The van der Waals surface area contributed by atoms with Crippen molar-refractivity contribution >= 4 is 27.0 Å². The molecule has 0 fully saturated rings. The van der Waals surface area contributed by atoms with Crippen molar-refractivity contribution in [2.75, 3.05) is 0 Å². The second-order valence-electron chi connectivity index (χ2n) is 8.39. The van der Waals surface area contributed by atoms with Crippen molar-refractivity contribution in [2.24, 2.45) is 0 Å². The van der Waals surface area contributed by atoms with E-state index in [0.29, 0.717) is 12.0 Å². The number of hydrogen-bond donors (Lipinski definition) is 1. The zero-order valence-corrected chi connectivity index (χ0v) is 20.4. The van der Waals surface area contributed by atoms with Crippen LogP contribution in [0.3, 0.4) is 0 Å². The fourth-order valence-electron chi connectivity index (χ4n) is 3.71. The van der Waals surface area contributed by atoms with Crippen LogP contribution in [0.4, 0.5) is 0 Å². The lowest BCUT2D eigenvalue weighted by molar-refractivity contribution is -0.135. The molecule has 1 N–H and O–H groups in total. The van der Waals surface area contributed by atoms with E-state index in [2.05, 4.69) is 4.72 Å². The van der Waals surface area contributed by atoms with E-state index in [4.69, 9.17) is 9.15 Å². The summed E-state index contributed by atoms with van der Waals surface area (Å²) in [7, 11) is -3.90. The summed E-state index contributed by atoms with van der Waals surface area (Å²) in [6.07, 6.45) is 0.445. The second-order valence-corrected chi connectivity index (χ2v) is 10.1. The highest BCUT2D eigenvalue weighted by molar-refractivity contribution is 7.89. The van der Waals surface area contributed by atoms with Crippen LogP contribution in [0.15, 0.2) is 86.9 Å². The van der Waals surface area contributed by atoms with E-state index in [-0.39, 0.29) is 16.2 Å². The van der Waals surface area contributed by atoms with Crippen molar-refractivity contribution in [3.63, 3.8) is 0 Å². The number of carbonyl (C=O) groups is 1. The molecule has 4 aromatic rings. The van der Waals surface area contributed by atoms with Crippen LogP contribution in [0, 0.1) is 13.8 Å². The minimum absolute atomic E-state index is 0.0528. The summed E-state index contributed by atoms with van der Waals surface area (Å²) in [5.74, 6) is -0.651. The Morgan fingerprint density at radius 3 is 2.37 bits per heavy atom. The molecule has 0 saturated carbocycles. The molecule has 0 radical (unpaired) electrons. The van der Waals surface area contributed by atoms with E-state index in [1.165, 1.54) is 25.1 Å². The summed E-state index contributed by atoms with van der Waals surface area (Å²) in [6.45, 7) is 5.10. The van der Waals surface area contributed by atoms with E-state index in [9.17, 15) is 18.0 Å². The summed E-state index contributed by atoms with van der Waals surface area (Å²) >= 11 is 0. The molecule has 0 aliphatic heterocycles. The van der Waals surface area contributed by atoms with Crippen LogP contribution in [0.5, 0.6) is 5.75 Å². The molecule has 7 nitrogen and oxygen atoms in total. The summed E-state index contributed by atoms with van der Waals surface area (Å²) < 4.78 is 38.3. The number of nitrogens with one attached hydrogen (secondary N) is 1. The monoisotopic (exact) mass is 491 g/mol. The van der Waals surface area contributed by atoms with Crippen LogP contribution in [0.2, 0.25) is 0 Å². The summed E-state index contributed by atoms with van der Waals surface area (Å²) in [5.41, 5.74) is 3.09. The molecule has 4 rings (SSSR count). The van der Waals surface area contributed by atoms with E-state index >= 15 is 0 Å². The van der Waals surface area contributed by atoms with Gasteiger partial charge in [0.1, 0.15) is 17.4 Å². The molecule has 0 saturated heterocycles. The molecule has 180 valence electrons. The maximum Gasteiger partial charge on any atom is 0.340 e. The number of esters is 1. The fourth-order valence-corrected chi connectivity index (χ4v) is 4.91. The quantitative estimate of drug-likeness (QED) is 0.235. The highest BCUT2D eigenvalue weighted by atomic mass is 32.2. The van der Waals surface area contributed by atoms with Crippen molar-refractivity contribution in [1.82, 2.24) is 4.72 Å². The Morgan fingerprint density at radius 1 is 1.00 bits per heavy atom. The highest BCUT2D eigenvalue weighted by Crippen LogP contribution is 2.25. The maximum absolute atomic E-state index is 12.7. The van der Waals surface area contributed by atoms with Crippen LogP contribution in [-0.2, 0) is 21.2 Å². The minimum Gasteiger partial charge on any atom is -0.425 e. The summed E-state index contributed by atoms with van der Waals surface area (Å²) in [5, 5.41) is 0.725. The van der Waals surface area contributed by atoms with E-state index in [1.807, 2.05) is 44.2 Å². The highest BCUT2D eigenvalue weighted by Gasteiger charge is 2.24. The number of benzene rings is 3. The molecule has 3 aromatic carbocycles. The number of sulfonamides is 1. The Balaban J connectivity index is 1.52. The number of rotatable bonds is 7. The molecule has 0 aliphatic carbocycles. The SMILES string of the molecule is Cc1ccc(S(=O)(=O)N[C@@H](C)C(=O)Oc2ccc3c(C)c(Cc4ccccc4)c(=O)oc3c2)cc1. The molecule has 1 aromatic heterocycles. The average molecular weight is 492 g/mol. The van der Waals surface area contributed by atoms with Crippen molar-refractivity contribution in [2.45, 2.75) is 38.1 Å². The van der Waals surface area contributed by atoms with Gasteiger partial charge in [0, 0.05) is 23.4 Å². The molecule has 0 bridgehead atoms. The number of ether oxygens (including phenoxy) is 1. The molecule has 0 unspecified atom stereocenters. The van der Waals surface area contributed by atoms with Gasteiger partial charge < -0.3 is 9.15 Å².